The lowest BCUT2D eigenvalue weighted by atomic mass is 9.89. The summed E-state index contributed by atoms with van der Waals surface area (Å²) in [4.78, 5) is 0. The Kier molecular flexibility index (Phi) is 1.76. The Bertz CT molecular complexity index is 251. The summed E-state index contributed by atoms with van der Waals surface area (Å²) < 4.78 is 0. The van der Waals surface area contributed by atoms with Crippen molar-refractivity contribution in [2.24, 2.45) is 5.92 Å². The van der Waals surface area contributed by atoms with Gasteiger partial charge >= 0.3 is 0 Å². The first-order chi connectivity index (χ1) is 5.47. The highest BCUT2D eigenvalue weighted by atomic mass is 14.2. The van der Waals surface area contributed by atoms with Crippen molar-refractivity contribution in [3.05, 3.63) is 48.1 Å². The van der Waals surface area contributed by atoms with Crippen molar-refractivity contribution in [1.82, 2.24) is 0 Å². The zero-order valence-electron chi connectivity index (χ0n) is 6.53. The van der Waals surface area contributed by atoms with E-state index >= 15 is 0 Å². The second kappa shape index (κ2) is 2.91. The smallest absolute Gasteiger partial charge is 0.00239 e. The molecule has 0 nitrogen and oxygen atoms in total. The van der Waals surface area contributed by atoms with E-state index in [4.69, 9.17) is 0 Å². The van der Waals surface area contributed by atoms with Crippen molar-refractivity contribution >= 4 is 0 Å². The van der Waals surface area contributed by atoms with Crippen LogP contribution in [0.15, 0.2) is 48.1 Å². The molecule has 0 aromatic carbocycles. The molecule has 0 bridgehead atoms. The van der Waals surface area contributed by atoms with Crippen LogP contribution in [0.1, 0.15) is 12.8 Å². The minimum absolute atomic E-state index is 0.676. The molecule has 1 atom stereocenters. The minimum atomic E-state index is 0.676. The van der Waals surface area contributed by atoms with Crippen LogP contribution in [0, 0.1) is 5.92 Å². The number of allylic oxidation sites excluding steroid dienone is 8. The van der Waals surface area contributed by atoms with Crippen molar-refractivity contribution < 1.29 is 0 Å². The molecule has 0 radical (unpaired) electrons. The quantitative estimate of drug-likeness (QED) is 0.490. The highest BCUT2D eigenvalue weighted by molar-refractivity contribution is 5.35. The maximum Gasteiger partial charge on any atom is 0.00239 e. The summed E-state index contributed by atoms with van der Waals surface area (Å²) in [5.41, 5.74) is 1.46. The highest BCUT2D eigenvalue weighted by Gasteiger charge is 2.11. The lowest BCUT2D eigenvalue weighted by Crippen LogP contribution is -2.01. The van der Waals surface area contributed by atoms with E-state index in [9.17, 15) is 0 Å². The summed E-state index contributed by atoms with van der Waals surface area (Å²) in [6.07, 6.45) is 17.9. The van der Waals surface area contributed by atoms with Crippen LogP contribution in [-0.4, -0.2) is 0 Å². The largest absolute Gasteiger partial charge is 0.0842 e. The summed E-state index contributed by atoms with van der Waals surface area (Å²) in [5.74, 6) is 0.676. The topological polar surface area (TPSA) is 0 Å². The van der Waals surface area contributed by atoms with Gasteiger partial charge in [0.25, 0.3) is 0 Å². The van der Waals surface area contributed by atoms with Crippen LogP contribution >= 0.6 is 0 Å². The number of hydrogen-bond acceptors (Lipinski definition) is 0. The fraction of sp³-hybridized carbons (Fsp3) is 0.273. The molecule has 0 saturated carbocycles. The summed E-state index contributed by atoms with van der Waals surface area (Å²) >= 11 is 0. The Morgan fingerprint density at radius 2 is 2.18 bits per heavy atom. The Morgan fingerprint density at radius 1 is 1.18 bits per heavy atom. The molecule has 2 aliphatic carbocycles. The van der Waals surface area contributed by atoms with Crippen molar-refractivity contribution in [2.45, 2.75) is 12.8 Å². The van der Waals surface area contributed by atoms with Gasteiger partial charge in [0.2, 0.25) is 0 Å². The Labute approximate surface area is 67.6 Å². The lowest BCUT2D eigenvalue weighted by molar-refractivity contribution is 0.679. The highest BCUT2D eigenvalue weighted by Crippen LogP contribution is 2.26. The summed E-state index contributed by atoms with van der Waals surface area (Å²) in [7, 11) is 0. The van der Waals surface area contributed by atoms with Crippen molar-refractivity contribution in [2.75, 3.05) is 0 Å². The van der Waals surface area contributed by atoms with Crippen LogP contribution < -0.4 is 0 Å². The fourth-order valence-electron chi connectivity index (χ4n) is 1.60. The first-order valence-electron chi connectivity index (χ1n) is 4.18. The molecule has 0 amide bonds. The number of rotatable bonds is 0. The third kappa shape index (κ3) is 1.35. The summed E-state index contributed by atoms with van der Waals surface area (Å²) in [6.45, 7) is 0. The number of hydrogen-bond donors (Lipinski definition) is 0. The van der Waals surface area contributed by atoms with Crippen molar-refractivity contribution in [3.8, 4) is 0 Å². The molecule has 0 saturated heterocycles. The predicted molar refractivity (Wildman–Crippen MR) is 48.2 cm³/mol. The van der Waals surface area contributed by atoms with Gasteiger partial charge in [-0.3, -0.25) is 0 Å². The summed E-state index contributed by atoms with van der Waals surface area (Å²) in [5, 5.41) is 0. The molecule has 56 valence electrons. The van der Waals surface area contributed by atoms with Crippen LogP contribution in [0.3, 0.4) is 0 Å². The van der Waals surface area contributed by atoms with Gasteiger partial charge in [-0.2, -0.15) is 0 Å². The van der Waals surface area contributed by atoms with Crippen LogP contribution in [0.5, 0.6) is 0 Å². The van der Waals surface area contributed by atoms with E-state index in [2.05, 4.69) is 42.5 Å². The van der Waals surface area contributed by atoms with Gasteiger partial charge in [0, 0.05) is 5.92 Å². The van der Waals surface area contributed by atoms with Crippen LogP contribution in [0.25, 0.3) is 0 Å². The van der Waals surface area contributed by atoms with Gasteiger partial charge in [-0.15, -0.1) is 0 Å². The molecular formula is C11H12. The normalized spacial score (nSPS) is 27.6. The zero-order chi connectivity index (χ0) is 7.52. The van der Waals surface area contributed by atoms with E-state index in [-0.39, 0.29) is 0 Å². The first-order valence-corrected chi connectivity index (χ1v) is 4.18. The Morgan fingerprint density at radius 3 is 3.18 bits per heavy atom. The molecular weight excluding hydrogens is 132 g/mol. The molecule has 0 N–H and O–H groups in total. The van der Waals surface area contributed by atoms with Gasteiger partial charge in [-0.05, 0) is 18.4 Å². The average Bonchev–Trinajstić information content (AvgIpc) is 2.28. The fourth-order valence-corrected chi connectivity index (χ4v) is 1.60. The van der Waals surface area contributed by atoms with E-state index in [0.29, 0.717) is 5.92 Å². The Hall–Kier alpha value is -1.04. The first kappa shape index (κ1) is 6.66. The molecule has 0 aliphatic heterocycles. The maximum atomic E-state index is 2.29. The molecule has 0 heterocycles. The average molecular weight is 144 g/mol. The van der Waals surface area contributed by atoms with E-state index in [1.807, 2.05) is 0 Å². The van der Waals surface area contributed by atoms with Gasteiger partial charge < -0.3 is 0 Å². The summed E-state index contributed by atoms with van der Waals surface area (Å²) in [6, 6.07) is 0. The third-order valence-electron chi connectivity index (χ3n) is 2.24. The van der Waals surface area contributed by atoms with Crippen LogP contribution in [0.4, 0.5) is 0 Å². The van der Waals surface area contributed by atoms with Gasteiger partial charge in [-0.25, -0.2) is 0 Å². The van der Waals surface area contributed by atoms with E-state index < -0.39 is 0 Å². The molecule has 1 unspecified atom stereocenters. The number of fused-ring (bicyclic) bond motifs is 1. The van der Waals surface area contributed by atoms with E-state index in [1.165, 1.54) is 18.4 Å². The lowest BCUT2D eigenvalue weighted by Gasteiger charge is -2.16. The van der Waals surface area contributed by atoms with Gasteiger partial charge in [0.15, 0.2) is 0 Å². The molecule has 0 spiro atoms. The molecule has 0 aromatic rings. The zero-order valence-corrected chi connectivity index (χ0v) is 6.53. The standard InChI is InChI=1S/C11H12/c1-2-6-10-8-4-5-9-11(10)7-3-1/h1-4,6-8,11H,5,9H2. The van der Waals surface area contributed by atoms with Gasteiger partial charge in [0.1, 0.15) is 0 Å². The monoisotopic (exact) mass is 144 g/mol. The second-order valence-corrected chi connectivity index (χ2v) is 3.02. The van der Waals surface area contributed by atoms with Crippen molar-refractivity contribution in [1.29, 1.82) is 0 Å². The van der Waals surface area contributed by atoms with E-state index in [1.54, 1.807) is 0 Å². The molecule has 0 fully saturated rings. The Balaban J connectivity index is 2.32. The maximum absolute atomic E-state index is 2.29. The van der Waals surface area contributed by atoms with E-state index in [0.717, 1.165) is 0 Å². The second-order valence-electron chi connectivity index (χ2n) is 3.02. The molecule has 0 aromatic heterocycles. The molecule has 2 aliphatic rings. The SMILES string of the molecule is C1=CC=C2C=CCCC2C=C1. The minimum Gasteiger partial charge on any atom is -0.0842 e. The third-order valence-corrected chi connectivity index (χ3v) is 2.24. The molecule has 2 rings (SSSR count). The van der Waals surface area contributed by atoms with Crippen molar-refractivity contribution in [3.63, 3.8) is 0 Å². The van der Waals surface area contributed by atoms with Crippen LogP contribution in [-0.2, 0) is 0 Å². The molecule has 11 heavy (non-hydrogen) atoms. The van der Waals surface area contributed by atoms with Crippen LogP contribution in [0.2, 0.25) is 0 Å². The van der Waals surface area contributed by atoms with Gasteiger partial charge in [-0.1, -0.05) is 42.5 Å². The molecule has 0 heteroatoms. The van der Waals surface area contributed by atoms with Gasteiger partial charge in [0.05, 0.1) is 0 Å². The predicted octanol–water partition coefficient (Wildman–Crippen LogP) is 3.01.